The van der Waals surface area contributed by atoms with Crippen LogP contribution in [0.4, 0.5) is 0 Å². The van der Waals surface area contributed by atoms with Crippen LogP contribution in [0.1, 0.15) is 22.5 Å². The number of amides is 2. The minimum atomic E-state index is -0.874. The van der Waals surface area contributed by atoms with Gasteiger partial charge in [-0.1, -0.05) is 6.07 Å². The highest BCUT2D eigenvalue weighted by molar-refractivity contribution is 7.12. The van der Waals surface area contributed by atoms with E-state index in [-0.39, 0.29) is 24.9 Å². The highest BCUT2D eigenvalue weighted by Gasteiger charge is 2.50. The van der Waals surface area contributed by atoms with Crippen LogP contribution in [0.15, 0.2) is 17.5 Å². The molecule has 108 valence electrons. The highest BCUT2D eigenvalue weighted by atomic mass is 32.1. The van der Waals surface area contributed by atoms with Gasteiger partial charge in [-0.05, 0) is 24.3 Å². The molecule has 20 heavy (non-hydrogen) atoms. The summed E-state index contributed by atoms with van der Waals surface area (Å²) in [5.41, 5.74) is -0.786. The number of rotatable bonds is 6. The lowest BCUT2D eigenvalue weighted by Gasteiger charge is -2.17. The second-order valence-electron chi connectivity index (χ2n) is 5.00. The molecule has 7 heteroatoms. The first kappa shape index (κ1) is 14.5. The van der Waals surface area contributed by atoms with Gasteiger partial charge in [0, 0.05) is 13.6 Å². The molecule has 0 saturated heterocycles. The Morgan fingerprint density at radius 1 is 1.45 bits per heavy atom. The maximum Gasteiger partial charge on any atom is 0.311 e. The number of nitrogens with one attached hydrogen (secondary N) is 1. The minimum Gasteiger partial charge on any atom is -0.481 e. The van der Waals surface area contributed by atoms with E-state index in [4.69, 9.17) is 5.11 Å². The van der Waals surface area contributed by atoms with E-state index in [2.05, 4.69) is 5.32 Å². The lowest BCUT2D eigenvalue weighted by molar-refractivity contribution is -0.143. The van der Waals surface area contributed by atoms with Crippen molar-refractivity contribution in [3.05, 3.63) is 22.4 Å². The number of aliphatic carboxylic acids is 1. The molecular weight excluding hydrogens is 280 g/mol. The highest BCUT2D eigenvalue weighted by Crippen LogP contribution is 2.45. The second-order valence-corrected chi connectivity index (χ2v) is 5.95. The van der Waals surface area contributed by atoms with Crippen molar-refractivity contribution in [2.45, 2.75) is 12.8 Å². The maximum absolute atomic E-state index is 11.9. The van der Waals surface area contributed by atoms with E-state index in [0.29, 0.717) is 17.7 Å². The Balaban J connectivity index is 1.80. The van der Waals surface area contributed by atoms with Crippen LogP contribution in [-0.2, 0) is 9.59 Å². The van der Waals surface area contributed by atoms with Gasteiger partial charge in [-0.15, -0.1) is 11.3 Å². The molecular formula is C13H16N2O4S. The van der Waals surface area contributed by atoms with Crippen LogP contribution in [-0.4, -0.2) is 47.9 Å². The fraction of sp³-hybridized carbons (Fsp3) is 0.462. The van der Waals surface area contributed by atoms with Crippen LogP contribution in [0.3, 0.4) is 0 Å². The SMILES string of the molecule is CN(CC(=O)NCC1(C(=O)O)CC1)C(=O)c1cccs1. The molecule has 0 unspecified atom stereocenters. The molecule has 6 nitrogen and oxygen atoms in total. The quantitative estimate of drug-likeness (QED) is 0.813. The molecule has 2 N–H and O–H groups in total. The summed E-state index contributed by atoms with van der Waals surface area (Å²) in [7, 11) is 1.55. The molecule has 1 saturated carbocycles. The van der Waals surface area contributed by atoms with E-state index < -0.39 is 11.4 Å². The molecule has 1 fully saturated rings. The van der Waals surface area contributed by atoms with Gasteiger partial charge >= 0.3 is 5.97 Å². The van der Waals surface area contributed by atoms with Crippen LogP contribution in [0.25, 0.3) is 0 Å². The zero-order valence-corrected chi connectivity index (χ0v) is 11.9. The summed E-state index contributed by atoms with van der Waals surface area (Å²) >= 11 is 1.32. The van der Waals surface area contributed by atoms with Crippen molar-refractivity contribution in [1.82, 2.24) is 10.2 Å². The van der Waals surface area contributed by atoms with Gasteiger partial charge in [0.2, 0.25) is 5.91 Å². The van der Waals surface area contributed by atoms with Crippen molar-refractivity contribution in [2.24, 2.45) is 5.41 Å². The molecule has 0 atom stereocenters. The third kappa shape index (κ3) is 3.16. The van der Waals surface area contributed by atoms with E-state index in [1.54, 1.807) is 24.6 Å². The van der Waals surface area contributed by atoms with Crippen LogP contribution in [0.5, 0.6) is 0 Å². The van der Waals surface area contributed by atoms with E-state index >= 15 is 0 Å². The second kappa shape index (κ2) is 5.62. The van der Waals surface area contributed by atoms with Gasteiger partial charge in [0.25, 0.3) is 5.91 Å². The molecule has 0 aliphatic heterocycles. The van der Waals surface area contributed by atoms with Crippen molar-refractivity contribution >= 4 is 29.1 Å². The number of carbonyl (C=O) groups is 3. The van der Waals surface area contributed by atoms with Crippen LogP contribution >= 0.6 is 11.3 Å². The fourth-order valence-electron chi connectivity index (χ4n) is 1.82. The number of carboxylic acid groups (broad SMARTS) is 1. The van der Waals surface area contributed by atoms with Gasteiger partial charge < -0.3 is 15.3 Å². The maximum atomic E-state index is 11.9. The third-order valence-electron chi connectivity index (χ3n) is 3.39. The normalized spacial score (nSPS) is 15.4. The lowest BCUT2D eigenvalue weighted by Crippen LogP contribution is -2.41. The Morgan fingerprint density at radius 3 is 2.65 bits per heavy atom. The molecule has 1 aliphatic rings. The van der Waals surface area contributed by atoms with Crippen molar-refractivity contribution < 1.29 is 19.5 Å². The summed E-state index contributed by atoms with van der Waals surface area (Å²) in [6.07, 6.45) is 1.18. The summed E-state index contributed by atoms with van der Waals surface area (Å²) < 4.78 is 0. The largest absolute Gasteiger partial charge is 0.481 e. The molecule has 0 bridgehead atoms. The average molecular weight is 296 g/mol. The zero-order valence-electron chi connectivity index (χ0n) is 11.1. The predicted molar refractivity (Wildman–Crippen MR) is 73.6 cm³/mol. The molecule has 0 aromatic carbocycles. The monoisotopic (exact) mass is 296 g/mol. The number of likely N-dealkylation sites (N-methyl/N-ethyl adjacent to an activating group) is 1. The van der Waals surface area contributed by atoms with Gasteiger partial charge in [-0.25, -0.2) is 0 Å². The molecule has 1 heterocycles. The standard InChI is InChI=1S/C13H16N2O4S/c1-15(11(17)9-3-2-6-20-9)7-10(16)14-8-13(4-5-13)12(18)19/h2-3,6H,4-5,7-8H2,1H3,(H,14,16)(H,18,19). The van der Waals surface area contributed by atoms with Gasteiger partial charge in [0.15, 0.2) is 0 Å². The van der Waals surface area contributed by atoms with Gasteiger partial charge in [0.1, 0.15) is 0 Å². The van der Waals surface area contributed by atoms with Crippen LogP contribution < -0.4 is 5.32 Å². The van der Waals surface area contributed by atoms with Crippen molar-refractivity contribution in [2.75, 3.05) is 20.1 Å². The third-order valence-corrected chi connectivity index (χ3v) is 4.25. The van der Waals surface area contributed by atoms with E-state index in [9.17, 15) is 14.4 Å². The zero-order chi connectivity index (χ0) is 14.8. The smallest absolute Gasteiger partial charge is 0.311 e. The molecule has 1 aromatic rings. The first-order chi connectivity index (χ1) is 9.44. The lowest BCUT2D eigenvalue weighted by atomic mass is 10.1. The van der Waals surface area contributed by atoms with E-state index in [1.807, 2.05) is 0 Å². The number of hydrogen-bond donors (Lipinski definition) is 2. The summed E-state index contributed by atoms with van der Waals surface area (Å²) in [5, 5.41) is 13.4. The topological polar surface area (TPSA) is 86.7 Å². The van der Waals surface area contributed by atoms with E-state index in [1.165, 1.54) is 16.2 Å². The van der Waals surface area contributed by atoms with Gasteiger partial charge in [0.05, 0.1) is 16.8 Å². The molecule has 0 radical (unpaired) electrons. The van der Waals surface area contributed by atoms with Crippen molar-refractivity contribution in [3.63, 3.8) is 0 Å². The number of carboxylic acids is 1. The number of nitrogens with zero attached hydrogens (tertiary/aromatic N) is 1. The van der Waals surface area contributed by atoms with Gasteiger partial charge in [-0.3, -0.25) is 14.4 Å². The van der Waals surface area contributed by atoms with Gasteiger partial charge in [-0.2, -0.15) is 0 Å². The summed E-state index contributed by atoms with van der Waals surface area (Å²) in [5.74, 6) is -1.43. The molecule has 0 spiro atoms. The Morgan fingerprint density at radius 2 is 2.15 bits per heavy atom. The fourth-order valence-corrected chi connectivity index (χ4v) is 2.53. The molecule has 2 rings (SSSR count). The Hall–Kier alpha value is -1.89. The summed E-state index contributed by atoms with van der Waals surface area (Å²) in [6.45, 7) is 0.0502. The first-order valence-corrected chi connectivity index (χ1v) is 7.12. The van der Waals surface area contributed by atoms with Crippen LogP contribution in [0, 0.1) is 5.41 Å². The minimum absolute atomic E-state index is 0.0770. The van der Waals surface area contributed by atoms with Crippen molar-refractivity contribution in [1.29, 1.82) is 0 Å². The van der Waals surface area contributed by atoms with Crippen LogP contribution in [0.2, 0.25) is 0 Å². The molecule has 1 aliphatic carbocycles. The Labute approximate surface area is 120 Å². The number of carbonyl (C=O) groups excluding carboxylic acids is 2. The first-order valence-electron chi connectivity index (χ1n) is 6.24. The molecule has 1 aromatic heterocycles. The average Bonchev–Trinajstić information content (AvgIpc) is 3.01. The van der Waals surface area contributed by atoms with Crippen molar-refractivity contribution in [3.8, 4) is 0 Å². The predicted octanol–water partition coefficient (Wildman–Crippen LogP) is 0.801. The Bertz CT molecular complexity index is 522. The van der Waals surface area contributed by atoms with E-state index in [0.717, 1.165) is 0 Å². The summed E-state index contributed by atoms with van der Waals surface area (Å²) in [6, 6.07) is 3.47. The number of thiophene rings is 1. The Kier molecular flexibility index (Phi) is 4.08. The molecule has 2 amide bonds. The number of hydrogen-bond acceptors (Lipinski definition) is 4. The summed E-state index contributed by atoms with van der Waals surface area (Å²) in [4.78, 5) is 36.5.